The van der Waals surface area contributed by atoms with Crippen LogP contribution in [-0.2, 0) is 6.54 Å². The van der Waals surface area contributed by atoms with Crippen LogP contribution in [0.5, 0.6) is 0 Å². The van der Waals surface area contributed by atoms with Gasteiger partial charge in [-0.1, -0.05) is 23.4 Å². The molecule has 2 aromatic heterocycles. The predicted octanol–water partition coefficient (Wildman–Crippen LogP) is 2.98. The van der Waals surface area contributed by atoms with Crippen LogP contribution in [-0.4, -0.2) is 10.1 Å². The maximum atomic E-state index is 5.79. The highest BCUT2D eigenvalue weighted by molar-refractivity contribution is 5.77. The van der Waals surface area contributed by atoms with Crippen LogP contribution in [0.2, 0.25) is 0 Å². The van der Waals surface area contributed by atoms with Crippen molar-refractivity contribution >= 4 is 11.0 Å². The van der Waals surface area contributed by atoms with E-state index >= 15 is 0 Å². The molecule has 5 heteroatoms. The summed E-state index contributed by atoms with van der Waals surface area (Å²) in [5, 5.41) is 8.16. The van der Waals surface area contributed by atoms with Crippen molar-refractivity contribution < 1.29 is 8.94 Å². The molecule has 1 atom stereocenters. The molecular weight excluding hydrogens is 242 g/mol. The van der Waals surface area contributed by atoms with Gasteiger partial charge in [-0.25, -0.2) is 0 Å². The van der Waals surface area contributed by atoms with E-state index in [1.54, 1.807) is 6.92 Å². The Bertz CT molecular complexity index is 654. The third kappa shape index (κ3) is 2.51. The number of furan rings is 1. The van der Waals surface area contributed by atoms with Gasteiger partial charge >= 0.3 is 0 Å². The fourth-order valence-corrected chi connectivity index (χ4v) is 1.97. The molecule has 0 saturated carbocycles. The fourth-order valence-electron chi connectivity index (χ4n) is 1.97. The molecule has 1 unspecified atom stereocenters. The number of aryl methyl sites for hydroxylation is 1. The zero-order valence-corrected chi connectivity index (χ0v) is 10.9. The Kier molecular flexibility index (Phi) is 3.05. The minimum absolute atomic E-state index is 0.0830. The highest BCUT2D eigenvalue weighted by atomic mass is 16.5. The summed E-state index contributed by atoms with van der Waals surface area (Å²) in [5.41, 5.74) is 0.903. The summed E-state index contributed by atoms with van der Waals surface area (Å²) in [7, 11) is 0. The lowest BCUT2D eigenvalue weighted by atomic mass is 10.2. The van der Waals surface area contributed by atoms with Crippen LogP contribution in [0.25, 0.3) is 11.0 Å². The summed E-state index contributed by atoms with van der Waals surface area (Å²) in [6, 6.07) is 10.1. The summed E-state index contributed by atoms with van der Waals surface area (Å²) >= 11 is 0. The van der Waals surface area contributed by atoms with Crippen LogP contribution in [0.4, 0.5) is 0 Å². The maximum Gasteiger partial charge on any atom is 0.240 e. The number of nitrogens with one attached hydrogen (secondary N) is 1. The summed E-state index contributed by atoms with van der Waals surface area (Å²) in [5.74, 6) is 2.13. The maximum absolute atomic E-state index is 5.79. The van der Waals surface area contributed by atoms with Gasteiger partial charge in [-0.2, -0.15) is 4.98 Å². The first kappa shape index (κ1) is 11.9. The van der Waals surface area contributed by atoms with Gasteiger partial charge in [-0.05, 0) is 26.0 Å². The Morgan fingerprint density at radius 1 is 1.32 bits per heavy atom. The van der Waals surface area contributed by atoms with Crippen molar-refractivity contribution in [3.63, 3.8) is 0 Å². The van der Waals surface area contributed by atoms with Crippen molar-refractivity contribution in [3.8, 4) is 0 Å². The number of nitrogens with zero attached hydrogens (tertiary/aromatic N) is 2. The van der Waals surface area contributed by atoms with E-state index in [-0.39, 0.29) is 6.04 Å². The Balaban J connectivity index is 1.71. The van der Waals surface area contributed by atoms with Gasteiger partial charge in [0.25, 0.3) is 0 Å². The molecule has 2 heterocycles. The molecule has 3 rings (SSSR count). The Morgan fingerprint density at radius 2 is 2.16 bits per heavy atom. The molecule has 0 saturated heterocycles. The highest BCUT2D eigenvalue weighted by Gasteiger charge is 2.12. The summed E-state index contributed by atoms with van der Waals surface area (Å²) in [6.45, 7) is 4.37. The van der Waals surface area contributed by atoms with Crippen LogP contribution >= 0.6 is 0 Å². The Labute approximate surface area is 110 Å². The SMILES string of the molecule is Cc1noc(CNC(C)c2cc3ccccc3o2)n1. The molecule has 0 bridgehead atoms. The zero-order chi connectivity index (χ0) is 13.2. The van der Waals surface area contributed by atoms with Gasteiger partial charge in [-0.15, -0.1) is 0 Å². The second-order valence-electron chi connectivity index (χ2n) is 4.52. The van der Waals surface area contributed by atoms with E-state index in [9.17, 15) is 0 Å². The summed E-state index contributed by atoms with van der Waals surface area (Å²) in [6.07, 6.45) is 0. The van der Waals surface area contributed by atoms with E-state index in [4.69, 9.17) is 8.94 Å². The van der Waals surface area contributed by atoms with Crippen molar-refractivity contribution in [2.75, 3.05) is 0 Å². The molecule has 0 amide bonds. The number of hydrogen-bond donors (Lipinski definition) is 1. The second-order valence-corrected chi connectivity index (χ2v) is 4.52. The van der Waals surface area contributed by atoms with Crippen LogP contribution in [0, 0.1) is 6.92 Å². The van der Waals surface area contributed by atoms with E-state index in [2.05, 4.69) is 15.5 Å². The van der Waals surface area contributed by atoms with Gasteiger partial charge < -0.3 is 8.94 Å². The lowest BCUT2D eigenvalue weighted by Crippen LogP contribution is -2.17. The molecular formula is C14H15N3O2. The molecule has 0 aliphatic rings. The smallest absolute Gasteiger partial charge is 0.240 e. The number of hydrogen-bond acceptors (Lipinski definition) is 5. The van der Waals surface area contributed by atoms with Crippen molar-refractivity contribution in [1.29, 1.82) is 0 Å². The van der Waals surface area contributed by atoms with Crippen molar-refractivity contribution in [3.05, 3.63) is 47.8 Å². The largest absolute Gasteiger partial charge is 0.459 e. The summed E-state index contributed by atoms with van der Waals surface area (Å²) in [4.78, 5) is 4.15. The molecule has 0 aliphatic heterocycles. The molecule has 1 aromatic carbocycles. The molecule has 0 aliphatic carbocycles. The number of rotatable bonds is 4. The first-order valence-electron chi connectivity index (χ1n) is 6.23. The third-order valence-electron chi connectivity index (χ3n) is 3.00. The van der Waals surface area contributed by atoms with E-state index in [0.717, 1.165) is 16.7 Å². The average Bonchev–Trinajstić information content (AvgIpc) is 3.01. The molecule has 1 N–H and O–H groups in total. The van der Waals surface area contributed by atoms with E-state index in [1.807, 2.05) is 37.3 Å². The normalized spacial score (nSPS) is 12.9. The topological polar surface area (TPSA) is 64.1 Å². The van der Waals surface area contributed by atoms with Crippen LogP contribution in [0.1, 0.15) is 30.4 Å². The number of aromatic nitrogens is 2. The first-order chi connectivity index (χ1) is 9.22. The second kappa shape index (κ2) is 4.85. The molecule has 98 valence electrons. The van der Waals surface area contributed by atoms with Gasteiger partial charge in [0.15, 0.2) is 5.82 Å². The molecule has 0 spiro atoms. The lowest BCUT2D eigenvalue weighted by Gasteiger charge is -2.08. The van der Waals surface area contributed by atoms with Crippen LogP contribution < -0.4 is 5.32 Å². The van der Waals surface area contributed by atoms with Gasteiger partial charge in [0.2, 0.25) is 5.89 Å². The molecule has 3 aromatic rings. The van der Waals surface area contributed by atoms with Crippen molar-refractivity contribution in [1.82, 2.24) is 15.5 Å². The predicted molar refractivity (Wildman–Crippen MR) is 70.5 cm³/mol. The fraction of sp³-hybridized carbons (Fsp3) is 0.286. The Morgan fingerprint density at radius 3 is 2.89 bits per heavy atom. The average molecular weight is 257 g/mol. The van der Waals surface area contributed by atoms with Crippen molar-refractivity contribution in [2.24, 2.45) is 0 Å². The first-order valence-corrected chi connectivity index (χ1v) is 6.23. The molecule has 5 nitrogen and oxygen atoms in total. The quantitative estimate of drug-likeness (QED) is 0.778. The highest BCUT2D eigenvalue weighted by Crippen LogP contribution is 2.23. The zero-order valence-electron chi connectivity index (χ0n) is 10.9. The van der Waals surface area contributed by atoms with Gasteiger partial charge in [-0.3, -0.25) is 5.32 Å². The van der Waals surface area contributed by atoms with Crippen LogP contribution in [0.3, 0.4) is 0 Å². The van der Waals surface area contributed by atoms with Gasteiger partial charge in [0.05, 0.1) is 12.6 Å². The number of benzene rings is 1. The standard InChI is InChI=1S/C14H15N3O2/c1-9(15-8-14-16-10(2)17-19-14)13-7-11-5-3-4-6-12(11)18-13/h3-7,9,15H,8H2,1-2H3. The number of para-hydroxylation sites is 1. The lowest BCUT2D eigenvalue weighted by molar-refractivity contribution is 0.350. The monoisotopic (exact) mass is 257 g/mol. The molecule has 0 radical (unpaired) electrons. The minimum atomic E-state index is 0.0830. The molecule has 19 heavy (non-hydrogen) atoms. The van der Waals surface area contributed by atoms with E-state index < -0.39 is 0 Å². The van der Waals surface area contributed by atoms with Gasteiger partial charge in [0.1, 0.15) is 11.3 Å². The van der Waals surface area contributed by atoms with Crippen molar-refractivity contribution in [2.45, 2.75) is 26.4 Å². The van der Waals surface area contributed by atoms with Gasteiger partial charge in [0, 0.05) is 5.39 Å². The van der Waals surface area contributed by atoms with Crippen LogP contribution in [0.15, 0.2) is 39.3 Å². The number of fused-ring (bicyclic) bond motifs is 1. The van der Waals surface area contributed by atoms with E-state index in [1.165, 1.54) is 0 Å². The summed E-state index contributed by atoms with van der Waals surface area (Å²) < 4.78 is 10.8. The third-order valence-corrected chi connectivity index (χ3v) is 3.00. The van der Waals surface area contributed by atoms with E-state index in [0.29, 0.717) is 18.3 Å². The Hall–Kier alpha value is -2.14. The minimum Gasteiger partial charge on any atom is -0.459 e. The molecule has 0 fully saturated rings.